The van der Waals surface area contributed by atoms with E-state index in [1.165, 1.54) is 63.5 Å². The Morgan fingerprint density at radius 1 is 0.914 bits per heavy atom. The van der Waals surface area contributed by atoms with Gasteiger partial charge < -0.3 is 20.2 Å². The first-order chi connectivity index (χ1) is 16.8. The van der Waals surface area contributed by atoms with E-state index in [-0.39, 0.29) is 18.3 Å². The molecule has 0 aliphatic heterocycles. The topological polar surface area (TPSA) is 116 Å². The number of amides is 1. The number of nitrogens with one attached hydrogen (secondary N) is 1. The van der Waals surface area contributed by atoms with E-state index >= 15 is 0 Å². The molecule has 0 aliphatic carbocycles. The Bertz CT molecular complexity index is 747. The third-order valence-corrected chi connectivity index (χ3v) is 6.38. The maximum absolute atomic E-state index is 12.3. The second-order valence-corrected chi connectivity index (χ2v) is 10.5. The van der Waals surface area contributed by atoms with Gasteiger partial charge in [0.1, 0.15) is 5.75 Å². The van der Waals surface area contributed by atoms with Crippen LogP contribution in [0.2, 0.25) is 0 Å². The van der Waals surface area contributed by atoms with Crippen LogP contribution in [-0.2, 0) is 20.3 Å². The number of hydrogen-bond acceptors (Lipinski definition) is 4. The zero-order chi connectivity index (χ0) is 25.8. The Morgan fingerprint density at radius 3 is 2.03 bits per heavy atom. The van der Waals surface area contributed by atoms with Gasteiger partial charge in [-0.3, -0.25) is 9.32 Å². The number of phenolic OH excluding ortho intramolecular Hbond substituents is 1. The van der Waals surface area contributed by atoms with Crippen LogP contribution in [0.3, 0.4) is 0 Å². The molecule has 0 bridgehead atoms. The largest absolute Gasteiger partial charge is 0.508 e. The van der Waals surface area contributed by atoms with Crippen LogP contribution in [0.1, 0.15) is 102 Å². The number of unbranched alkanes of at least 4 members (excludes halogenated alkanes) is 11. The third kappa shape index (κ3) is 19.2. The van der Waals surface area contributed by atoms with Crippen LogP contribution in [0.5, 0.6) is 5.75 Å². The van der Waals surface area contributed by atoms with Gasteiger partial charge in [-0.2, -0.15) is 0 Å². The monoisotopic (exact) mass is 511 g/mol. The number of aromatic hydroxyl groups is 1. The van der Waals surface area contributed by atoms with Gasteiger partial charge in [0, 0.05) is 6.42 Å². The summed E-state index contributed by atoms with van der Waals surface area (Å²) in [6.07, 6.45) is 20.9. The summed E-state index contributed by atoms with van der Waals surface area (Å²) in [4.78, 5) is 30.3. The molecule has 1 unspecified atom stereocenters. The first-order valence-corrected chi connectivity index (χ1v) is 14.8. The lowest BCUT2D eigenvalue weighted by Crippen LogP contribution is -2.39. The molecule has 35 heavy (non-hydrogen) atoms. The highest BCUT2D eigenvalue weighted by Gasteiger charge is 2.20. The second kappa shape index (κ2) is 19.5. The molecular formula is C27H46NO6P. The number of phenols is 1. The number of carbonyl (C=O) groups is 1. The summed E-state index contributed by atoms with van der Waals surface area (Å²) in [5.41, 5.74) is 0.823. The number of allylic oxidation sites excluding steroid dienone is 2. The lowest BCUT2D eigenvalue weighted by atomic mass is 10.1. The number of phosphoric acid groups is 1. The highest BCUT2D eigenvalue weighted by Crippen LogP contribution is 2.35. The summed E-state index contributed by atoms with van der Waals surface area (Å²) in [6.45, 7) is 1.96. The van der Waals surface area contributed by atoms with Crippen molar-refractivity contribution < 1.29 is 28.8 Å². The van der Waals surface area contributed by atoms with Crippen LogP contribution in [0.4, 0.5) is 0 Å². The second-order valence-electron chi connectivity index (χ2n) is 9.26. The minimum absolute atomic E-state index is 0.130. The highest BCUT2D eigenvalue weighted by molar-refractivity contribution is 7.46. The highest BCUT2D eigenvalue weighted by atomic mass is 31.2. The standard InChI is InChI=1S/C27H46NO6P/c1-2-3-4-5-6-7-8-9-10-11-12-13-14-15-16-17-27(30)28-25(23-34-35(31,32)33)22-24-18-20-26(29)21-19-24/h9-10,18-21,25,29H,2-8,11-17,22-23H2,1H3,(H,28,30)(H2,31,32,33). The van der Waals surface area contributed by atoms with Gasteiger partial charge in [0.2, 0.25) is 5.91 Å². The molecule has 1 atom stereocenters. The molecule has 4 N–H and O–H groups in total. The number of carbonyl (C=O) groups excluding carboxylic acids is 1. The summed E-state index contributed by atoms with van der Waals surface area (Å²) in [6, 6.07) is 5.90. The first-order valence-electron chi connectivity index (χ1n) is 13.2. The summed E-state index contributed by atoms with van der Waals surface area (Å²) < 4.78 is 15.7. The van der Waals surface area contributed by atoms with E-state index in [9.17, 15) is 14.5 Å². The van der Waals surface area contributed by atoms with Crippen LogP contribution < -0.4 is 5.32 Å². The molecule has 0 spiro atoms. The molecule has 200 valence electrons. The summed E-state index contributed by atoms with van der Waals surface area (Å²) in [5.74, 6) is -0.0225. The van der Waals surface area contributed by atoms with E-state index in [1.807, 2.05) is 0 Å². The maximum atomic E-state index is 12.3. The van der Waals surface area contributed by atoms with E-state index in [1.54, 1.807) is 12.1 Å². The van der Waals surface area contributed by atoms with Crippen LogP contribution in [-0.4, -0.2) is 33.4 Å². The lowest BCUT2D eigenvalue weighted by molar-refractivity contribution is -0.122. The molecule has 0 radical (unpaired) electrons. The summed E-state index contributed by atoms with van der Waals surface area (Å²) >= 11 is 0. The summed E-state index contributed by atoms with van der Waals surface area (Å²) in [7, 11) is -4.63. The zero-order valence-corrected chi connectivity index (χ0v) is 22.3. The zero-order valence-electron chi connectivity index (χ0n) is 21.4. The third-order valence-electron chi connectivity index (χ3n) is 5.89. The molecule has 1 aromatic rings. The average Bonchev–Trinajstić information content (AvgIpc) is 2.81. The number of benzene rings is 1. The van der Waals surface area contributed by atoms with Crippen LogP contribution >= 0.6 is 7.82 Å². The minimum Gasteiger partial charge on any atom is -0.508 e. The van der Waals surface area contributed by atoms with Crippen molar-refractivity contribution in [3.05, 3.63) is 42.0 Å². The Kier molecular flexibility index (Phi) is 17.5. The van der Waals surface area contributed by atoms with Gasteiger partial charge in [0.15, 0.2) is 0 Å². The maximum Gasteiger partial charge on any atom is 0.469 e. The molecule has 0 saturated heterocycles. The fourth-order valence-electron chi connectivity index (χ4n) is 3.91. The van der Waals surface area contributed by atoms with Gasteiger partial charge in [-0.25, -0.2) is 4.57 Å². The molecule has 0 aromatic heterocycles. The van der Waals surface area contributed by atoms with Gasteiger partial charge in [0.05, 0.1) is 12.6 Å². The summed E-state index contributed by atoms with van der Waals surface area (Å²) in [5, 5.41) is 12.2. The van der Waals surface area contributed by atoms with Gasteiger partial charge in [0.25, 0.3) is 0 Å². The van der Waals surface area contributed by atoms with Crippen molar-refractivity contribution in [2.45, 2.75) is 109 Å². The van der Waals surface area contributed by atoms with Crippen molar-refractivity contribution in [3.8, 4) is 5.75 Å². The van der Waals surface area contributed by atoms with Crippen molar-refractivity contribution >= 4 is 13.7 Å². The van der Waals surface area contributed by atoms with E-state index in [0.717, 1.165) is 37.7 Å². The SMILES string of the molecule is CCCCCCCCC=CCCCCCCCC(=O)NC(COP(=O)(O)O)Cc1ccc(O)cc1. The smallest absolute Gasteiger partial charge is 0.469 e. The van der Waals surface area contributed by atoms with Gasteiger partial charge in [-0.1, -0.05) is 82.6 Å². The molecule has 7 nitrogen and oxygen atoms in total. The van der Waals surface area contributed by atoms with Crippen LogP contribution in [0.25, 0.3) is 0 Å². The van der Waals surface area contributed by atoms with E-state index in [0.29, 0.717) is 12.8 Å². The van der Waals surface area contributed by atoms with Crippen molar-refractivity contribution in [2.24, 2.45) is 0 Å². The first kappa shape index (κ1) is 31.4. The van der Waals surface area contributed by atoms with Crippen molar-refractivity contribution in [3.63, 3.8) is 0 Å². The van der Waals surface area contributed by atoms with E-state index in [2.05, 4.69) is 28.9 Å². The average molecular weight is 512 g/mol. The fourth-order valence-corrected chi connectivity index (χ4v) is 4.29. The molecule has 0 heterocycles. The molecule has 0 aliphatic rings. The Labute approximate surface area is 211 Å². The number of phosphoric ester groups is 1. The predicted octanol–water partition coefficient (Wildman–Crippen LogP) is 6.57. The molecule has 0 saturated carbocycles. The lowest BCUT2D eigenvalue weighted by Gasteiger charge is -2.19. The Hall–Kier alpha value is -1.66. The normalized spacial score (nSPS) is 12.8. The van der Waals surface area contributed by atoms with Crippen LogP contribution in [0, 0.1) is 0 Å². The van der Waals surface area contributed by atoms with Crippen molar-refractivity contribution in [2.75, 3.05) is 6.61 Å². The molecule has 8 heteroatoms. The number of rotatable bonds is 21. The molecular weight excluding hydrogens is 465 g/mol. The molecule has 1 aromatic carbocycles. The van der Waals surface area contributed by atoms with E-state index < -0.39 is 13.9 Å². The molecule has 1 amide bonds. The Morgan fingerprint density at radius 2 is 1.46 bits per heavy atom. The van der Waals surface area contributed by atoms with Crippen molar-refractivity contribution in [1.29, 1.82) is 0 Å². The predicted molar refractivity (Wildman–Crippen MR) is 141 cm³/mol. The quantitative estimate of drug-likeness (QED) is 0.0843. The minimum atomic E-state index is -4.63. The molecule has 0 fully saturated rings. The van der Waals surface area contributed by atoms with E-state index in [4.69, 9.17) is 9.79 Å². The Balaban J connectivity index is 2.15. The van der Waals surface area contributed by atoms with Gasteiger partial charge >= 0.3 is 7.82 Å². The fraction of sp³-hybridized carbons (Fsp3) is 0.667. The number of hydrogen-bond donors (Lipinski definition) is 4. The van der Waals surface area contributed by atoms with Gasteiger partial charge in [-0.15, -0.1) is 0 Å². The van der Waals surface area contributed by atoms with Gasteiger partial charge in [-0.05, 0) is 56.2 Å². The van der Waals surface area contributed by atoms with Crippen LogP contribution in [0.15, 0.2) is 36.4 Å². The molecule has 1 rings (SSSR count). The van der Waals surface area contributed by atoms with Crippen molar-refractivity contribution in [1.82, 2.24) is 5.32 Å².